The van der Waals surface area contributed by atoms with Gasteiger partial charge in [0.2, 0.25) is 0 Å². The van der Waals surface area contributed by atoms with Crippen LogP contribution in [0.1, 0.15) is 11.3 Å². The second-order valence-corrected chi connectivity index (χ2v) is 7.89. The molecule has 2 aromatic carbocycles. The first kappa shape index (κ1) is 15.5. The zero-order valence-corrected chi connectivity index (χ0v) is 14.7. The number of aromatic nitrogens is 1. The highest BCUT2D eigenvalue weighted by Crippen LogP contribution is 2.51. The average Bonchev–Trinajstić information content (AvgIpc) is 2.67. The minimum absolute atomic E-state index is 0.200. The lowest BCUT2D eigenvalue weighted by Crippen LogP contribution is -2.48. The van der Waals surface area contributed by atoms with E-state index in [1.807, 2.05) is 42.5 Å². The summed E-state index contributed by atoms with van der Waals surface area (Å²) in [5, 5.41) is 10.5. The lowest BCUT2D eigenvalue weighted by atomic mass is 9.88. The fraction of sp³-hybridized carbons (Fsp3) is 0.143. The molecule has 0 radical (unpaired) electrons. The Morgan fingerprint density at radius 3 is 2.81 bits per heavy atom. The predicted octanol–water partition coefficient (Wildman–Crippen LogP) is 4.39. The molecule has 4 nitrogen and oxygen atoms in total. The van der Waals surface area contributed by atoms with E-state index >= 15 is 0 Å². The second kappa shape index (κ2) is 5.88. The standard InChI is InChI=1S/C21H16N2O2S/c24-16-8-5-9-17-19(16)20-21(13-25-17,12-14-6-3-4-11-22-14)26-18-10-2-1-7-15(18)23-20/h1-11,24H,12-13H2. The van der Waals surface area contributed by atoms with Crippen molar-refractivity contribution < 1.29 is 9.84 Å². The fourth-order valence-electron chi connectivity index (χ4n) is 3.54. The highest BCUT2D eigenvalue weighted by atomic mass is 32.2. The maximum absolute atomic E-state index is 10.5. The van der Waals surface area contributed by atoms with Crippen LogP contribution < -0.4 is 4.74 Å². The van der Waals surface area contributed by atoms with Crippen LogP contribution in [0.25, 0.3) is 0 Å². The maximum Gasteiger partial charge on any atom is 0.132 e. The minimum Gasteiger partial charge on any atom is -0.507 e. The molecule has 0 amide bonds. The van der Waals surface area contributed by atoms with Crippen molar-refractivity contribution in [2.75, 3.05) is 6.61 Å². The lowest BCUT2D eigenvalue weighted by Gasteiger charge is -2.41. The number of thioether (sulfide) groups is 1. The SMILES string of the molecule is Oc1cccc2c1C1=Nc3ccccc3SC1(Cc1ccccn1)CO2. The van der Waals surface area contributed by atoms with Crippen LogP contribution in [0.5, 0.6) is 11.5 Å². The van der Waals surface area contributed by atoms with Crippen LogP contribution in [-0.2, 0) is 6.42 Å². The number of para-hydroxylation sites is 1. The van der Waals surface area contributed by atoms with Gasteiger partial charge in [0.25, 0.3) is 0 Å². The largest absolute Gasteiger partial charge is 0.507 e. The highest BCUT2D eigenvalue weighted by Gasteiger charge is 2.47. The Morgan fingerprint density at radius 2 is 1.92 bits per heavy atom. The molecule has 0 spiro atoms. The number of pyridine rings is 1. The van der Waals surface area contributed by atoms with Crippen molar-refractivity contribution in [2.45, 2.75) is 16.1 Å². The van der Waals surface area contributed by atoms with Crippen LogP contribution >= 0.6 is 11.8 Å². The second-order valence-electron chi connectivity index (χ2n) is 6.46. The van der Waals surface area contributed by atoms with Crippen molar-refractivity contribution in [2.24, 2.45) is 4.99 Å². The molecule has 2 aliphatic rings. The van der Waals surface area contributed by atoms with E-state index in [9.17, 15) is 5.11 Å². The third kappa shape index (κ3) is 2.39. The molecule has 1 atom stereocenters. The van der Waals surface area contributed by atoms with Gasteiger partial charge < -0.3 is 9.84 Å². The molecule has 5 rings (SSSR count). The number of nitrogens with zero attached hydrogens (tertiary/aromatic N) is 2. The van der Waals surface area contributed by atoms with Crippen LogP contribution in [0, 0.1) is 0 Å². The van der Waals surface area contributed by atoms with Gasteiger partial charge >= 0.3 is 0 Å². The molecule has 0 aliphatic carbocycles. The summed E-state index contributed by atoms with van der Waals surface area (Å²) in [4.78, 5) is 10.6. The van der Waals surface area contributed by atoms with E-state index in [0.717, 1.165) is 22.0 Å². The van der Waals surface area contributed by atoms with Gasteiger partial charge in [-0.3, -0.25) is 4.98 Å². The third-order valence-corrected chi connectivity index (χ3v) is 6.14. The molecule has 0 fully saturated rings. The molecule has 3 heterocycles. The first-order valence-corrected chi connectivity index (χ1v) is 9.29. The van der Waals surface area contributed by atoms with Crippen molar-refractivity contribution in [1.82, 2.24) is 4.98 Å². The van der Waals surface area contributed by atoms with Gasteiger partial charge in [-0.25, -0.2) is 4.99 Å². The number of aromatic hydroxyl groups is 1. The molecular formula is C21H16N2O2S. The van der Waals surface area contributed by atoms with Gasteiger partial charge in [-0.15, -0.1) is 11.8 Å². The Balaban J connectivity index is 1.72. The monoisotopic (exact) mass is 360 g/mol. The number of phenols is 1. The van der Waals surface area contributed by atoms with E-state index in [-0.39, 0.29) is 5.75 Å². The van der Waals surface area contributed by atoms with Crippen molar-refractivity contribution in [3.63, 3.8) is 0 Å². The number of rotatable bonds is 2. The average molecular weight is 360 g/mol. The number of benzene rings is 2. The minimum atomic E-state index is -0.422. The van der Waals surface area contributed by atoms with Crippen molar-refractivity contribution in [3.8, 4) is 11.5 Å². The summed E-state index contributed by atoms with van der Waals surface area (Å²) in [6, 6.07) is 19.4. The molecule has 1 unspecified atom stereocenters. The summed E-state index contributed by atoms with van der Waals surface area (Å²) < 4.78 is 5.65. The maximum atomic E-state index is 10.5. The Kier molecular flexibility index (Phi) is 3.50. The molecule has 2 aliphatic heterocycles. The van der Waals surface area contributed by atoms with E-state index in [0.29, 0.717) is 24.3 Å². The van der Waals surface area contributed by atoms with E-state index in [4.69, 9.17) is 9.73 Å². The third-order valence-electron chi connectivity index (χ3n) is 4.73. The molecule has 0 bridgehead atoms. The van der Waals surface area contributed by atoms with Crippen LogP contribution in [0.2, 0.25) is 0 Å². The molecule has 0 saturated carbocycles. The van der Waals surface area contributed by atoms with Gasteiger partial charge in [-0.1, -0.05) is 24.3 Å². The van der Waals surface area contributed by atoms with Crippen LogP contribution in [-0.4, -0.2) is 27.2 Å². The Labute approximate surface area is 155 Å². The number of hydrogen-bond donors (Lipinski definition) is 1. The fourth-order valence-corrected chi connectivity index (χ4v) is 4.90. The lowest BCUT2D eigenvalue weighted by molar-refractivity contribution is 0.284. The van der Waals surface area contributed by atoms with Gasteiger partial charge in [0, 0.05) is 23.2 Å². The van der Waals surface area contributed by atoms with Crippen molar-refractivity contribution >= 4 is 23.2 Å². The number of phenolic OH excluding ortho intramolecular Hbond substituents is 1. The number of hydrogen-bond acceptors (Lipinski definition) is 5. The van der Waals surface area contributed by atoms with E-state index < -0.39 is 4.75 Å². The Morgan fingerprint density at radius 1 is 1.04 bits per heavy atom. The summed E-state index contributed by atoms with van der Waals surface area (Å²) in [7, 11) is 0. The zero-order valence-electron chi connectivity index (χ0n) is 13.9. The van der Waals surface area contributed by atoms with Crippen LogP contribution in [0.4, 0.5) is 5.69 Å². The highest BCUT2D eigenvalue weighted by molar-refractivity contribution is 8.01. The van der Waals surface area contributed by atoms with Crippen molar-refractivity contribution in [1.29, 1.82) is 0 Å². The van der Waals surface area contributed by atoms with Gasteiger partial charge in [-0.2, -0.15) is 0 Å². The quantitative estimate of drug-likeness (QED) is 0.736. The van der Waals surface area contributed by atoms with E-state index in [2.05, 4.69) is 11.1 Å². The summed E-state index contributed by atoms with van der Waals surface area (Å²) in [6.07, 6.45) is 2.48. The zero-order chi connectivity index (χ0) is 17.6. The van der Waals surface area contributed by atoms with Gasteiger partial charge in [0.15, 0.2) is 0 Å². The summed E-state index contributed by atoms with van der Waals surface area (Å²) in [5.74, 6) is 0.881. The molecule has 26 heavy (non-hydrogen) atoms. The molecule has 5 heteroatoms. The van der Waals surface area contributed by atoms with Gasteiger partial charge in [0.1, 0.15) is 22.9 Å². The summed E-state index contributed by atoms with van der Waals surface area (Å²) in [5.41, 5.74) is 3.47. The van der Waals surface area contributed by atoms with E-state index in [1.165, 1.54) is 0 Å². The van der Waals surface area contributed by atoms with Gasteiger partial charge in [0.05, 0.1) is 17.0 Å². The summed E-state index contributed by atoms with van der Waals surface area (Å²) in [6.45, 7) is 0.484. The molecule has 1 aromatic heterocycles. The van der Waals surface area contributed by atoms with Gasteiger partial charge in [-0.05, 0) is 36.4 Å². The number of ether oxygens (including phenoxy) is 1. The van der Waals surface area contributed by atoms with Crippen molar-refractivity contribution in [3.05, 3.63) is 78.1 Å². The first-order chi connectivity index (χ1) is 12.8. The van der Waals surface area contributed by atoms with Crippen LogP contribution in [0.3, 0.4) is 0 Å². The van der Waals surface area contributed by atoms with E-state index in [1.54, 1.807) is 30.1 Å². The predicted molar refractivity (Wildman–Crippen MR) is 103 cm³/mol. The molecule has 1 N–H and O–H groups in total. The Bertz CT molecular complexity index is 1020. The number of aliphatic imine (C=N–C) groups is 1. The first-order valence-electron chi connectivity index (χ1n) is 8.47. The number of fused-ring (bicyclic) bond motifs is 4. The topological polar surface area (TPSA) is 54.7 Å². The summed E-state index contributed by atoms with van der Waals surface area (Å²) >= 11 is 1.75. The normalized spacial score (nSPS) is 20.2. The molecule has 3 aromatic rings. The molecular weight excluding hydrogens is 344 g/mol. The van der Waals surface area contributed by atoms with Crippen LogP contribution in [0.15, 0.2) is 76.7 Å². The molecule has 128 valence electrons. The molecule has 0 saturated heterocycles. The smallest absolute Gasteiger partial charge is 0.132 e. The Hall–Kier alpha value is -2.79.